The molecule has 3 N–H and O–H groups in total. The van der Waals surface area contributed by atoms with Crippen LogP contribution in [0.15, 0.2) is 18.2 Å². The average molecular weight is 259 g/mol. The number of imidazole rings is 1. The number of rotatable bonds is 0. The minimum atomic E-state index is 0.476. The number of anilines is 1. The van der Waals surface area contributed by atoms with Gasteiger partial charge in [0.05, 0.1) is 5.52 Å². The van der Waals surface area contributed by atoms with Crippen LogP contribution in [0.2, 0.25) is 0 Å². The number of aromatic amines is 1. The van der Waals surface area contributed by atoms with Crippen LogP contribution in [-0.4, -0.2) is 9.97 Å². The van der Waals surface area contributed by atoms with Gasteiger partial charge in [-0.05, 0) is 34.7 Å². The first-order chi connectivity index (χ1) is 5.27. The lowest BCUT2D eigenvalue weighted by molar-refractivity contribution is 1.35. The maximum Gasteiger partial charge on any atom is 0.198 e. The lowest BCUT2D eigenvalue weighted by Gasteiger charge is -1.88. The molecular formula is C7H6IN3. The molecule has 0 saturated carbocycles. The number of nitrogens with one attached hydrogen (secondary N) is 1. The number of benzene rings is 1. The highest BCUT2D eigenvalue weighted by molar-refractivity contribution is 14.1. The molecule has 11 heavy (non-hydrogen) atoms. The van der Waals surface area contributed by atoms with E-state index in [4.69, 9.17) is 5.73 Å². The Morgan fingerprint density at radius 2 is 2.27 bits per heavy atom. The molecule has 3 nitrogen and oxygen atoms in total. The Balaban J connectivity index is 2.90. The van der Waals surface area contributed by atoms with Crippen molar-refractivity contribution in [1.29, 1.82) is 0 Å². The fraction of sp³-hybridized carbons (Fsp3) is 0. The number of aromatic nitrogens is 2. The number of hydrogen-bond donors (Lipinski definition) is 2. The highest BCUT2D eigenvalue weighted by Crippen LogP contribution is 2.18. The largest absolute Gasteiger partial charge is 0.369 e. The van der Waals surface area contributed by atoms with Crippen LogP contribution < -0.4 is 5.73 Å². The lowest BCUT2D eigenvalue weighted by atomic mass is 10.3. The zero-order valence-electron chi connectivity index (χ0n) is 5.63. The number of nitrogen functional groups attached to an aromatic ring is 1. The maximum absolute atomic E-state index is 5.49. The van der Waals surface area contributed by atoms with Gasteiger partial charge in [-0.15, -0.1) is 0 Å². The second-order valence-electron chi connectivity index (χ2n) is 2.26. The molecule has 4 heteroatoms. The average Bonchev–Trinajstić information content (AvgIpc) is 2.31. The van der Waals surface area contributed by atoms with Crippen LogP contribution in [0.25, 0.3) is 11.0 Å². The number of nitrogens with two attached hydrogens (primary N) is 1. The quantitative estimate of drug-likeness (QED) is 0.708. The van der Waals surface area contributed by atoms with E-state index in [9.17, 15) is 0 Å². The first-order valence-corrected chi connectivity index (χ1v) is 4.25. The van der Waals surface area contributed by atoms with Crippen molar-refractivity contribution in [2.45, 2.75) is 0 Å². The van der Waals surface area contributed by atoms with Crippen LogP contribution in [0, 0.1) is 3.57 Å². The van der Waals surface area contributed by atoms with E-state index in [1.165, 1.54) is 0 Å². The van der Waals surface area contributed by atoms with Crippen molar-refractivity contribution in [3.63, 3.8) is 0 Å². The summed E-state index contributed by atoms with van der Waals surface area (Å²) < 4.78 is 1.12. The fourth-order valence-corrected chi connectivity index (χ4v) is 1.63. The van der Waals surface area contributed by atoms with E-state index in [1.807, 2.05) is 18.2 Å². The van der Waals surface area contributed by atoms with E-state index >= 15 is 0 Å². The van der Waals surface area contributed by atoms with Gasteiger partial charge in [0.2, 0.25) is 0 Å². The molecule has 0 aliphatic carbocycles. The van der Waals surface area contributed by atoms with Crippen molar-refractivity contribution in [2.75, 3.05) is 5.73 Å². The smallest absolute Gasteiger partial charge is 0.198 e. The van der Waals surface area contributed by atoms with Gasteiger partial charge in [-0.2, -0.15) is 0 Å². The first-order valence-electron chi connectivity index (χ1n) is 3.17. The van der Waals surface area contributed by atoms with Gasteiger partial charge < -0.3 is 10.7 Å². The number of nitrogens with zero attached hydrogens (tertiary/aromatic N) is 1. The standard InChI is InChI=1S/C7H6IN3/c8-4-2-1-3-5-6(4)11-7(9)10-5/h1-3H,(H3,9,10,11). The summed E-state index contributed by atoms with van der Waals surface area (Å²) in [6.45, 7) is 0. The Kier molecular flexibility index (Phi) is 1.49. The molecule has 0 amide bonds. The Morgan fingerprint density at radius 1 is 1.45 bits per heavy atom. The molecule has 0 fully saturated rings. The molecular weight excluding hydrogens is 253 g/mol. The molecule has 0 atom stereocenters. The molecule has 2 rings (SSSR count). The van der Waals surface area contributed by atoms with Gasteiger partial charge in [0.25, 0.3) is 0 Å². The molecule has 1 aromatic carbocycles. The Morgan fingerprint density at radius 3 is 3.00 bits per heavy atom. The third kappa shape index (κ3) is 1.07. The zero-order valence-corrected chi connectivity index (χ0v) is 7.79. The number of fused-ring (bicyclic) bond motifs is 1. The first kappa shape index (κ1) is 6.90. The highest BCUT2D eigenvalue weighted by Gasteiger charge is 2.01. The third-order valence-corrected chi connectivity index (χ3v) is 2.35. The molecule has 0 spiro atoms. The molecule has 0 bridgehead atoms. The van der Waals surface area contributed by atoms with Crippen molar-refractivity contribution >= 4 is 39.6 Å². The van der Waals surface area contributed by atoms with Crippen molar-refractivity contribution in [2.24, 2.45) is 0 Å². The number of para-hydroxylation sites is 1. The number of halogens is 1. The van der Waals surface area contributed by atoms with Gasteiger partial charge >= 0.3 is 0 Å². The molecule has 1 aromatic heterocycles. The van der Waals surface area contributed by atoms with E-state index in [-0.39, 0.29) is 0 Å². The molecule has 0 aliphatic rings. The van der Waals surface area contributed by atoms with Crippen molar-refractivity contribution in [1.82, 2.24) is 9.97 Å². The van der Waals surface area contributed by atoms with E-state index in [1.54, 1.807) is 0 Å². The van der Waals surface area contributed by atoms with E-state index in [0.717, 1.165) is 14.6 Å². The van der Waals surface area contributed by atoms with Crippen LogP contribution in [-0.2, 0) is 0 Å². The Labute approximate surface area is 77.1 Å². The van der Waals surface area contributed by atoms with Gasteiger partial charge in [0, 0.05) is 3.57 Å². The summed E-state index contributed by atoms with van der Waals surface area (Å²) in [5.41, 5.74) is 7.43. The van der Waals surface area contributed by atoms with Gasteiger partial charge in [-0.25, -0.2) is 4.98 Å². The fourth-order valence-electron chi connectivity index (χ4n) is 1.02. The SMILES string of the molecule is Nc1nc2c(I)cccc2[nH]1. The van der Waals surface area contributed by atoms with Crippen LogP contribution in [0.1, 0.15) is 0 Å². The van der Waals surface area contributed by atoms with E-state index in [2.05, 4.69) is 32.6 Å². The van der Waals surface area contributed by atoms with Crippen LogP contribution in [0.4, 0.5) is 5.95 Å². The summed E-state index contributed by atoms with van der Waals surface area (Å²) in [6.07, 6.45) is 0. The molecule has 0 unspecified atom stereocenters. The van der Waals surface area contributed by atoms with Crippen molar-refractivity contribution < 1.29 is 0 Å². The van der Waals surface area contributed by atoms with Crippen LogP contribution in [0.3, 0.4) is 0 Å². The Hall–Kier alpha value is -0.780. The van der Waals surface area contributed by atoms with Gasteiger partial charge in [0.15, 0.2) is 5.95 Å². The predicted octanol–water partition coefficient (Wildman–Crippen LogP) is 1.75. The van der Waals surface area contributed by atoms with Gasteiger partial charge in [-0.1, -0.05) is 6.07 Å². The van der Waals surface area contributed by atoms with E-state index < -0.39 is 0 Å². The minimum Gasteiger partial charge on any atom is -0.369 e. The van der Waals surface area contributed by atoms with Gasteiger partial charge in [0.1, 0.15) is 5.52 Å². The summed E-state index contributed by atoms with van der Waals surface area (Å²) in [5, 5.41) is 0. The molecule has 2 aromatic rings. The van der Waals surface area contributed by atoms with Crippen LogP contribution >= 0.6 is 22.6 Å². The minimum absolute atomic E-state index is 0.476. The summed E-state index contributed by atoms with van der Waals surface area (Å²) in [7, 11) is 0. The number of hydrogen-bond acceptors (Lipinski definition) is 2. The predicted molar refractivity (Wildman–Crippen MR) is 53.2 cm³/mol. The molecule has 0 aliphatic heterocycles. The lowest BCUT2D eigenvalue weighted by Crippen LogP contribution is -1.84. The summed E-state index contributed by atoms with van der Waals surface area (Å²) in [5.74, 6) is 0.476. The third-order valence-electron chi connectivity index (χ3n) is 1.48. The second-order valence-corrected chi connectivity index (χ2v) is 3.42. The maximum atomic E-state index is 5.49. The Bertz CT molecular complexity index is 393. The second kappa shape index (κ2) is 2.37. The van der Waals surface area contributed by atoms with E-state index in [0.29, 0.717) is 5.95 Å². The molecule has 0 radical (unpaired) electrons. The van der Waals surface area contributed by atoms with Crippen molar-refractivity contribution in [3.8, 4) is 0 Å². The van der Waals surface area contributed by atoms with Crippen LogP contribution in [0.5, 0.6) is 0 Å². The zero-order chi connectivity index (χ0) is 7.84. The molecule has 56 valence electrons. The summed E-state index contributed by atoms with van der Waals surface area (Å²) in [4.78, 5) is 7.09. The van der Waals surface area contributed by atoms with Gasteiger partial charge in [-0.3, -0.25) is 0 Å². The summed E-state index contributed by atoms with van der Waals surface area (Å²) >= 11 is 2.23. The number of H-pyrrole nitrogens is 1. The molecule has 1 heterocycles. The summed E-state index contributed by atoms with van der Waals surface area (Å²) in [6, 6.07) is 5.94. The normalized spacial score (nSPS) is 10.6. The topological polar surface area (TPSA) is 54.7 Å². The monoisotopic (exact) mass is 259 g/mol. The van der Waals surface area contributed by atoms with Crippen molar-refractivity contribution in [3.05, 3.63) is 21.8 Å². The molecule has 0 saturated heterocycles. The highest BCUT2D eigenvalue weighted by atomic mass is 127.